The van der Waals surface area contributed by atoms with E-state index in [9.17, 15) is 4.79 Å². The molecule has 1 N–H and O–H groups in total. The molecule has 0 aliphatic carbocycles. The summed E-state index contributed by atoms with van der Waals surface area (Å²) in [5, 5.41) is 5.55. The van der Waals surface area contributed by atoms with E-state index in [-0.39, 0.29) is 6.03 Å². The van der Waals surface area contributed by atoms with Gasteiger partial charge in [-0.05, 0) is 28.5 Å². The van der Waals surface area contributed by atoms with Crippen LogP contribution in [-0.4, -0.2) is 49.1 Å². The van der Waals surface area contributed by atoms with E-state index in [1.165, 1.54) is 16.3 Å². The van der Waals surface area contributed by atoms with E-state index in [1.807, 2.05) is 29.2 Å². The zero-order valence-corrected chi connectivity index (χ0v) is 16.1. The third kappa shape index (κ3) is 4.10. The fourth-order valence-corrected chi connectivity index (χ4v) is 3.68. The number of carbonyl (C=O) groups is 1. The summed E-state index contributed by atoms with van der Waals surface area (Å²) in [5.74, 6) is 0.734. The van der Waals surface area contributed by atoms with Gasteiger partial charge in [-0.1, -0.05) is 48.5 Å². The lowest BCUT2D eigenvalue weighted by Gasteiger charge is -2.34. The van der Waals surface area contributed by atoms with Crippen LogP contribution in [0.15, 0.2) is 66.7 Å². The molecule has 3 aromatic rings. The predicted molar refractivity (Wildman–Crippen MR) is 113 cm³/mol. The van der Waals surface area contributed by atoms with Crippen LogP contribution >= 0.6 is 0 Å². The lowest BCUT2D eigenvalue weighted by Crippen LogP contribution is -2.49. The second-order valence-corrected chi connectivity index (χ2v) is 7.06. The van der Waals surface area contributed by atoms with Crippen molar-refractivity contribution in [1.82, 2.24) is 9.80 Å². The third-order valence-electron chi connectivity index (χ3n) is 5.25. The number of amides is 2. The first kappa shape index (κ1) is 18.3. The number of ether oxygens (including phenoxy) is 1. The highest BCUT2D eigenvalue weighted by atomic mass is 16.5. The number of piperazine rings is 1. The average Bonchev–Trinajstić information content (AvgIpc) is 2.74. The lowest BCUT2D eigenvalue weighted by atomic mass is 10.0. The van der Waals surface area contributed by atoms with Gasteiger partial charge < -0.3 is 15.0 Å². The Bertz CT molecular complexity index is 959. The average molecular weight is 375 g/mol. The molecule has 1 heterocycles. The quantitative estimate of drug-likeness (QED) is 0.743. The highest BCUT2D eigenvalue weighted by molar-refractivity contribution is 5.89. The molecule has 0 spiro atoms. The number of benzene rings is 3. The number of methoxy groups -OCH3 is 1. The van der Waals surface area contributed by atoms with Gasteiger partial charge in [0, 0.05) is 44.5 Å². The lowest BCUT2D eigenvalue weighted by molar-refractivity contribution is 0.143. The number of nitrogens with zero attached hydrogens (tertiary/aromatic N) is 2. The monoisotopic (exact) mass is 375 g/mol. The van der Waals surface area contributed by atoms with E-state index >= 15 is 0 Å². The standard InChI is InChI=1S/C23H25N3O2/c1-28-21-10-5-9-20(16-21)24-23(27)26-14-12-25(13-15-26)17-19-8-4-7-18-6-2-3-11-22(18)19/h2-11,16H,12-15,17H2,1H3,(H,24,27). The van der Waals surface area contributed by atoms with Gasteiger partial charge in [0.05, 0.1) is 7.11 Å². The van der Waals surface area contributed by atoms with Crippen LogP contribution in [0.3, 0.4) is 0 Å². The Hall–Kier alpha value is -3.05. The Morgan fingerprint density at radius 1 is 0.964 bits per heavy atom. The summed E-state index contributed by atoms with van der Waals surface area (Å²) in [6, 6.07) is 22.3. The molecule has 1 aliphatic heterocycles. The van der Waals surface area contributed by atoms with E-state index in [2.05, 4.69) is 52.7 Å². The molecule has 0 radical (unpaired) electrons. The molecule has 1 saturated heterocycles. The van der Waals surface area contributed by atoms with Gasteiger partial charge in [0.25, 0.3) is 0 Å². The Kier molecular flexibility index (Phi) is 5.44. The summed E-state index contributed by atoms with van der Waals surface area (Å²) in [7, 11) is 1.62. The molecule has 2 amide bonds. The van der Waals surface area contributed by atoms with Crippen molar-refractivity contribution in [2.24, 2.45) is 0 Å². The molecule has 0 atom stereocenters. The van der Waals surface area contributed by atoms with E-state index in [0.717, 1.165) is 44.2 Å². The van der Waals surface area contributed by atoms with Crippen molar-refractivity contribution in [3.8, 4) is 5.75 Å². The molecule has 28 heavy (non-hydrogen) atoms. The molecule has 4 rings (SSSR count). The molecule has 5 nitrogen and oxygen atoms in total. The van der Waals surface area contributed by atoms with E-state index in [0.29, 0.717) is 0 Å². The van der Waals surface area contributed by atoms with Crippen LogP contribution in [0.1, 0.15) is 5.56 Å². The van der Waals surface area contributed by atoms with Crippen molar-refractivity contribution in [3.63, 3.8) is 0 Å². The van der Waals surface area contributed by atoms with Gasteiger partial charge in [0.15, 0.2) is 0 Å². The smallest absolute Gasteiger partial charge is 0.321 e. The summed E-state index contributed by atoms with van der Waals surface area (Å²) >= 11 is 0. The first-order chi connectivity index (χ1) is 13.7. The summed E-state index contributed by atoms with van der Waals surface area (Å²) in [4.78, 5) is 16.9. The molecular weight excluding hydrogens is 350 g/mol. The highest BCUT2D eigenvalue weighted by Gasteiger charge is 2.21. The molecule has 0 aromatic heterocycles. The number of fused-ring (bicyclic) bond motifs is 1. The summed E-state index contributed by atoms with van der Waals surface area (Å²) in [6.07, 6.45) is 0. The van der Waals surface area contributed by atoms with Crippen LogP contribution in [0, 0.1) is 0 Å². The van der Waals surface area contributed by atoms with Gasteiger partial charge in [-0.2, -0.15) is 0 Å². The molecule has 0 saturated carbocycles. The first-order valence-electron chi connectivity index (χ1n) is 9.62. The van der Waals surface area contributed by atoms with Crippen molar-refractivity contribution in [1.29, 1.82) is 0 Å². The number of rotatable bonds is 4. The number of hydrogen-bond acceptors (Lipinski definition) is 3. The van der Waals surface area contributed by atoms with Crippen LogP contribution in [-0.2, 0) is 6.54 Å². The maximum Gasteiger partial charge on any atom is 0.321 e. The first-order valence-corrected chi connectivity index (χ1v) is 9.62. The van der Waals surface area contributed by atoms with Crippen molar-refractivity contribution in [2.75, 3.05) is 38.6 Å². The zero-order chi connectivity index (χ0) is 19.3. The topological polar surface area (TPSA) is 44.8 Å². The molecule has 0 bridgehead atoms. The Morgan fingerprint density at radius 3 is 2.54 bits per heavy atom. The number of carbonyl (C=O) groups excluding carboxylic acids is 1. The van der Waals surface area contributed by atoms with E-state index < -0.39 is 0 Å². The third-order valence-corrected chi connectivity index (χ3v) is 5.25. The van der Waals surface area contributed by atoms with Crippen molar-refractivity contribution in [3.05, 3.63) is 72.3 Å². The SMILES string of the molecule is COc1cccc(NC(=O)N2CCN(Cc3cccc4ccccc34)CC2)c1. The number of hydrogen-bond donors (Lipinski definition) is 1. The van der Waals surface area contributed by atoms with Crippen molar-refractivity contribution >= 4 is 22.5 Å². The summed E-state index contributed by atoms with van der Waals surface area (Å²) in [6.45, 7) is 4.09. The Labute approximate surface area is 165 Å². The number of anilines is 1. The normalized spacial score (nSPS) is 14.8. The maximum atomic E-state index is 12.6. The molecular formula is C23H25N3O2. The van der Waals surface area contributed by atoms with Crippen LogP contribution in [0.2, 0.25) is 0 Å². The minimum atomic E-state index is -0.0573. The van der Waals surface area contributed by atoms with Crippen LogP contribution in [0.4, 0.5) is 10.5 Å². The molecule has 3 aromatic carbocycles. The van der Waals surface area contributed by atoms with Crippen molar-refractivity contribution in [2.45, 2.75) is 6.54 Å². The molecule has 5 heteroatoms. The van der Waals surface area contributed by atoms with Gasteiger partial charge in [0.1, 0.15) is 5.75 Å². The highest BCUT2D eigenvalue weighted by Crippen LogP contribution is 2.21. The number of nitrogens with one attached hydrogen (secondary N) is 1. The Balaban J connectivity index is 1.34. The number of urea groups is 1. The van der Waals surface area contributed by atoms with Gasteiger partial charge in [-0.25, -0.2) is 4.79 Å². The van der Waals surface area contributed by atoms with Gasteiger partial charge >= 0.3 is 6.03 Å². The van der Waals surface area contributed by atoms with Crippen LogP contribution in [0.5, 0.6) is 5.75 Å². The van der Waals surface area contributed by atoms with E-state index in [1.54, 1.807) is 7.11 Å². The predicted octanol–water partition coefficient (Wildman–Crippen LogP) is 4.20. The van der Waals surface area contributed by atoms with Crippen molar-refractivity contribution < 1.29 is 9.53 Å². The van der Waals surface area contributed by atoms with Gasteiger partial charge in [-0.15, -0.1) is 0 Å². The molecule has 0 unspecified atom stereocenters. The van der Waals surface area contributed by atoms with Gasteiger partial charge in [0.2, 0.25) is 0 Å². The fraction of sp³-hybridized carbons (Fsp3) is 0.261. The van der Waals surface area contributed by atoms with Crippen LogP contribution in [0.25, 0.3) is 10.8 Å². The second-order valence-electron chi connectivity index (χ2n) is 7.06. The summed E-state index contributed by atoms with van der Waals surface area (Å²) < 4.78 is 5.21. The largest absolute Gasteiger partial charge is 0.497 e. The van der Waals surface area contributed by atoms with Crippen LogP contribution < -0.4 is 10.1 Å². The fourth-order valence-electron chi connectivity index (χ4n) is 3.68. The maximum absolute atomic E-state index is 12.6. The minimum absolute atomic E-state index is 0.0573. The second kappa shape index (κ2) is 8.31. The van der Waals surface area contributed by atoms with Gasteiger partial charge in [-0.3, -0.25) is 4.90 Å². The Morgan fingerprint density at radius 2 is 1.71 bits per heavy atom. The summed E-state index contributed by atoms with van der Waals surface area (Å²) in [5.41, 5.74) is 2.09. The van der Waals surface area contributed by atoms with E-state index in [4.69, 9.17) is 4.74 Å². The molecule has 1 aliphatic rings. The molecule has 144 valence electrons. The zero-order valence-electron chi connectivity index (χ0n) is 16.1. The minimum Gasteiger partial charge on any atom is -0.497 e. The molecule has 1 fully saturated rings.